The van der Waals surface area contributed by atoms with E-state index in [0.29, 0.717) is 18.5 Å². The molecule has 162 valence electrons. The topological polar surface area (TPSA) is 96.0 Å². The van der Waals surface area contributed by atoms with Gasteiger partial charge in [0.15, 0.2) is 12.7 Å². The van der Waals surface area contributed by atoms with Crippen molar-refractivity contribution < 1.29 is 19.2 Å². The molecule has 0 aromatic heterocycles. The molecule has 0 spiro atoms. The first kappa shape index (κ1) is 21.5. The van der Waals surface area contributed by atoms with Crippen molar-refractivity contribution in [2.24, 2.45) is 10.8 Å². The van der Waals surface area contributed by atoms with Crippen molar-refractivity contribution >= 4 is 29.9 Å². The first-order chi connectivity index (χ1) is 15.0. The third kappa shape index (κ3) is 4.51. The second kappa shape index (κ2) is 9.21. The predicted octanol–water partition coefficient (Wildman–Crippen LogP) is 2.32. The van der Waals surface area contributed by atoms with Gasteiger partial charge in [0.1, 0.15) is 0 Å². The fraction of sp³-hybridized carbons (Fsp3) is 0.348. The number of hydrazone groups is 1. The van der Waals surface area contributed by atoms with Gasteiger partial charge in [-0.05, 0) is 23.3 Å². The highest BCUT2D eigenvalue weighted by atomic mass is 32.2. The van der Waals surface area contributed by atoms with E-state index in [4.69, 9.17) is 5.73 Å². The number of quaternary nitrogens is 1. The average molecular weight is 440 g/mol. The van der Waals surface area contributed by atoms with Gasteiger partial charge in [0.25, 0.3) is 0 Å². The lowest BCUT2D eigenvalue weighted by Crippen LogP contribution is -2.62. The Bertz CT molecular complexity index is 989. The molecular formula is C23H27N4O3S+. The summed E-state index contributed by atoms with van der Waals surface area (Å²) in [5, 5.41) is 16.1. The van der Waals surface area contributed by atoms with Crippen LogP contribution in [0.1, 0.15) is 33.2 Å². The second-order valence-corrected chi connectivity index (χ2v) is 9.17. The number of fused-ring (bicyclic) bond motifs is 1. The molecule has 31 heavy (non-hydrogen) atoms. The van der Waals surface area contributed by atoms with Crippen LogP contribution in [0.3, 0.4) is 0 Å². The second-order valence-electron chi connectivity index (χ2n) is 7.94. The molecule has 3 N–H and O–H groups in total. The SMILES string of the molecule is NC1c2ccccc2CC[N+]1(CC(=O)O)C(=O)c1ccc(C=NN2CCSCC2)cc1. The molecule has 7 nitrogen and oxygen atoms in total. The lowest BCUT2D eigenvalue weighted by atomic mass is 9.93. The lowest BCUT2D eigenvalue weighted by Gasteiger charge is -2.43. The zero-order chi connectivity index (χ0) is 21.8. The van der Waals surface area contributed by atoms with Gasteiger partial charge in [-0.1, -0.05) is 36.4 Å². The quantitative estimate of drug-likeness (QED) is 0.548. The molecule has 2 aromatic rings. The van der Waals surface area contributed by atoms with E-state index >= 15 is 0 Å². The minimum Gasteiger partial charge on any atom is -0.477 e. The molecule has 0 radical (unpaired) electrons. The number of benzene rings is 2. The van der Waals surface area contributed by atoms with E-state index in [-0.39, 0.29) is 16.9 Å². The third-order valence-electron chi connectivity index (χ3n) is 6.02. The molecule has 2 aromatic carbocycles. The van der Waals surface area contributed by atoms with E-state index < -0.39 is 12.1 Å². The minimum absolute atomic E-state index is 0.263. The van der Waals surface area contributed by atoms with Crippen LogP contribution in [0.4, 0.5) is 0 Å². The van der Waals surface area contributed by atoms with Crippen LogP contribution in [0.15, 0.2) is 53.6 Å². The van der Waals surface area contributed by atoms with Crippen LogP contribution in [0.2, 0.25) is 0 Å². The van der Waals surface area contributed by atoms with Gasteiger partial charge in [-0.25, -0.2) is 14.1 Å². The van der Waals surface area contributed by atoms with Gasteiger partial charge in [-0.15, -0.1) is 0 Å². The third-order valence-corrected chi connectivity index (χ3v) is 6.97. The maximum absolute atomic E-state index is 13.6. The van der Waals surface area contributed by atoms with Gasteiger partial charge >= 0.3 is 11.9 Å². The summed E-state index contributed by atoms with van der Waals surface area (Å²) in [4.78, 5) is 25.3. The summed E-state index contributed by atoms with van der Waals surface area (Å²) in [5.41, 5.74) is 9.80. The summed E-state index contributed by atoms with van der Waals surface area (Å²) in [5.74, 6) is 0.864. The number of hydrogen-bond donors (Lipinski definition) is 2. The molecule has 1 saturated heterocycles. The van der Waals surface area contributed by atoms with E-state index in [1.807, 2.05) is 53.2 Å². The van der Waals surface area contributed by atoms with E-state index in [9.17, 15) is 14.7 Å². The summed E-state index contributed by atoms with van der Waals surface area (Å²) in [6.07, 6.45) is 1.70. The van der Waals surface area contributed by atoms with Crippen LogP contribution >= 0.6 is 11.8 Å². The highest BCUT2D eigenvalue weighted by molar-refractivity contribution is 7.99. The summed E-state index contributed by atoms with van der Waals surface area (Å²) in [6.45, 7) is 1.89. The molecule has 0 saturated carbocycles. The Hall–Kier alpha value is -2.68. The molecule has 0 bridgehead atoms. The summed E-state index contributed by atoms with van der Waals surface area (Å²) < 4.78 is -0.314. The number of hydrogen-bond acceptors (Lipinski definition) is 6. The number of nitrogens with two attached hydrogens (primary N) is 1. The Kier molecular flexibility index (Phi) is 6.41. The van der Waals surface area contributed by atoms with E-state index in [1.54, 1.807) is 18.3 Å². The highest BCUT2D eigenvalue weighted by Crippen LogP contribution is 2.34. The normalized spacial score (nSPS) is 23.5. The molecular weight excluding hydrogens is 412 g/mol. The molecule has 4 rings (SSSR count). The molecule has 2 unspecified atom stereocenters. The molecule has 2 heterocycles. The van der Waals surface area contributed by atoms with Crippen molar-refractivity contribution in [1.29, 1.82) is 0 Å². The van der Waals surface area contributed by atoms with Crippen molar-refractivity contribution in [2.75, 3.05) is 37.7 Å². The lowest BCUT2D eigenvalue weighted by molar-refractivity contribution is -0.875. The van der Waals surface area contributed by atoms with Crippen LogP contribution < -0.4 is 5.73 Å². The van der Waals surface area contributed by atoms with Gasteiger partial charge < -0.3 is 5.11 Å². The van der Waals surface area contributed by atoms with Crippen LogP contribution in [0.25, 0.3) is 0 Å². The highest BCUT2D eigenvalue weighted by Gasteiger charge is 2.48. The zero-order valence-electron chi connectivity index (χ0n) is 17.3. The zero-order valence-corrected chi connectivity index (χ0v) is 18.1. The predicted molar refractivity (Wildman–Crippen MR) is 122 cm³/mol. The van der Waals surface area contributed by atoms with Crippen LogP contribution in [-0.2, 0) is 11.2 Å². The molecule has 2 aliphatic rings. The number of rotatable bonds is 5. The Balaban J connectivity index is 1.58. The molecule has 2 atom stereocenters. The molecule has 8 heteroatoms. The largest absolute Gasteiger partial charge is 0.477 e. The molecule has 1 amide bonds. The summed E-state index contributed by atoms with van der Waals surface area (Å²) in [7, 11) is 0. The van der Waals surface area contributed by atoms with Crippen molar-refractivity contribution in [3.63, 3.8) is 0 Å². The van der Waals surface area contributed by atoms with Crippen LogP contribution in [0.5, 0.6) is 0 Å². The van der Waals surface area contributed by atoms with Crippen molar-refractivity contribution in [3.8, 4) is 0 Å². The number of nitrogens with zero attached hydrogens (tertiary/aromatic N) is 3. The maximum Gasteiger partial charge on any atom is 0.359 e. The number of aliphatic carboxylic acids is 1. The fourth-order valence-corrected chi connectivity index (χ4v) is 5.16. The number of carbonyl (C=O) groups is 2. The van der Waals surface area contributed by atoms with Gasteiger partial charge in [-0.3, -0.25) is 10.7 Å². The van der Waals surface area contributed by atoms with Crippen LogP contribution in [-0.4, -0.2) is 70.4 Å². The Labute approximate surface area is 186 Å². The van der Waals surface area contributed by atoms with E-state index in [1.165, 1.54) is 0 Å². The number of carboxylic acids is 1. The first-order valence-electron chi connectivity index (χ1n) is 10.4. The summed E-state index contributed by atoms with van der Waals surface area (Å²) in [6, 6.07) is 14.9. The maximum atomic E-state index is 13.6. The first-order valence-corrected chi connectivity index (χ1v) is 11.6. The monoisotopic (exact) mass is 439 g/mol. The standard InChI is InChI=1S/C23H26N4O3S/c24-22-20-4-2-1-3-18(20)9-12-27(22,16-21(28)29)23(30)19-7-5-17(6-8-19)15-25-26-10-13-31-14-11-26/h1-8,15,22H,9-14,16,24H2/p+1. The van der Waals surface area contributed by atoms with Crippen LogP contribution in [0, 0.1) is 0 Å². The molecule has 1 fully saturated rings. The van der Waals surface area contributed by atoms with E-state index in [0.717, 1.165) is 41.3 Å². The molecule has 0 aliphatic carbocycles. The summed E-state index contributed by atoms with van der Waals surface area (Å²) >= 11 is 1.93. The van der Waals surface area contributed by atoms with Gasteiger partial charge in [0, 0.05) is 36.6 Å². The van der Waals surface area contributed by atoms with Gasteiger partial charge in [0.05, 0.1) is 18.3 Å². The van der Waals surface area contributed by atoms with Crippen molar-refractivity contribution in [2.45, 2.75) is 12.6 Å². The number of carboxylic acid groups (broad SMARTS) is 1. The molecule has 2 aliphatic heterocycles. The number of carbonyl (C=O) groups excluding carboxylic acids is 1. The van der Waals surface area contributed by atoms with Crippen molar-refractivity contribution in [1.82, 2.24) is 5.01 Å². The fourth-order valence-electron chi connectivity index (χ4n) is 4.28. The van der Waals surface area contributed by atoms with Crippen molar-refractivity contribution in [3.05, 3.63) is 70.8 Å². The van der Waals surface area contributed by atoms with Gasteiger partial charge in [-0.2, -0.15) is 16.9 Å². The Morgan fingerprint density at radius 1 is 1.16 bits per heavy atom. The Morgan fingerprint density at radius 3 is 2.58 bits per heavy atom. The number of amides is 1. The Morgan fingerprint density at radius 2 is 1.87 bits per heavy atom. The van der Waals surface area contributed by atoms with E-state index in [2.05, 4.69) is 5.10 Å². The number of thioether (sulfide) groups is 1. The van der Waals surface area contributed by atoms with Gasteiger partial charge in [0.2, 0.25) is 0 Å². The average Bonchev–Trinajstić information content (AvgIpc) is 2.80. The smallest absolute Gasteiger partial charge is 0.359 e. The minimum atomic E-state index is -1.04.